The Bertz CT molecular complexity index is 1050. The second-order valence-corrected chi connectivity index (χ2v) is 6.80. The van der Waals surface area contributed by atoms with Crippen LogP contribution >= 0.6 is 11.6 Å². The molecule has 150 valence electrons. The number of nitrogens with zero attached hydrogens (tertiary/aromatic N) is 2. The summed E-state index contributed by atoms with van der Waals surface area (Å²) in [6, 6.07) is 8.22. The highest BCUT2D eigenvalue weighted by Crippen LogP contribution is 2.33. The number of imide groups is 1. The second-order valence-electron chi connectivity index (χ2n) is 6.40. The van der Waals surface area contributed by atoms with E-state index < -0.39 is 52.0 Å². The van der Waals surface area contributed by atoms with Crippen molar-refractivity contribution in [3.05, 3.63) is 69.0 Å². The maximum absolute atomic E-state index is 13.8. The highest BCUT2D eigenvalue weighted by molar-refractivity contribution is 6.32. The number of amides is 4. The van der Waals surface area contributed by atoms with Crippen LogP contribution in [-0.4, -0.2) is 34.2 Å². The third-order valence-electron chi connectivity index (χ3n) is 4.42. The van der Waals surface area contributed by atoms with E-state index >= 15 is 0 Å². The Morgan fingerprint density at radius 1 is 1.31 bits per heavy atom. The predicted octanol–water partition coefficient (Wildman–Crippen LogP) is 2.79. The molecule has 0 aromatic heterocycles. The molecule has 0 spiro atoms. The molecule has 29 heavy (non-hydrogen) atoms. The van der Waals surface area contributed by atoms with Crippen LogP contribution in [0.4, 0.5) is 20.6 Å². The van der Waals surface area contributed by atoms with Gasteiger partial charge in [-0.3, -0.25) is 24.6 Å². The van der Waals surface area contributed by atoms with Crippen LogP contribution < -0.4 is 10.6 Å². The van der Waals surface area contributed by atoms with Crippen LogP contribution in [0.1, 0.15) is 12.5 Å². The summed E-state index contributed by atoms with van der Waals surface area (Å²) in [6.45, 7) is 0.736. The van der Waals surface area contributed by atoms with Crippen molar-refractivity contribution in [2.75, 3.05) is 11.9 Å². The largest absolute Gasteiger partial charge is 0.325 e. The third kappa shape index (κ3) is 3.74. The van der Waals surface area contributed by atoms with Gasteiger partial charge >= 0.3 is 6.03 Å². The lowest BCUT2D eigenvalue weighted by atomic mass is 9.92. The van der Waals surface area contributed by atoms with E-state index in [1.807, 2.05) is 0 Å². The lowest BCUT2D eigenvalue weighted by Crippen LogP contribution is -2.42. The molecule has 1 heterocycles. The number of anilines is 1. The average Bonchev–Trinajstić information content (AvgIpc) is 2.87. The van der Waals surface area contributed by atoms with Crippen molar-refractivity contribution in [3.8, 4) is 0 Å². The van der Waals surface area contributed by atoms with Gasteiger partial charge in [0.25, 0.3) is 11.6 Å². The van der Waals surface area contributed by atoms with Gasteiger partial charge in [0.05, 0.1) is 10.6 Å². The lowest BCUT2D eigenvalue weighted by Gasteiger charge is -2.23. The molecule has 9 nitrogen and oxygen atoms in total. The SMILES string of the molecule is CC1(c2ccccc2Cl)NC(=O)N(CC(=O)Nc2cc([N+](=O)[O-])ccc2F)C1=O. The summed E-state index contributed by atoms with van der Waals surface area (Å²) in [4.78, 5) is 48.1. The van der Waals surface area contributed by atoms with E-state index in [2.05, 4.69) is 10.6 Å². The van der Waals surface area contributed by atoms with Crippen LogP contribution in [0.2, 0.25) is 5.02 Å². The second kappa shape index (κ2) is 7.47. The zero-order chi connectivity index (χ0) is 21.3. The van der Waals surface area contributed by atoms with E-state index in [1.54, 1.807) is 24.3 Å². The topological polar surface area (TPSA) is 122 Å². The Hall–Kier alpha value is -3.53. The van der Waals surface area contributed by atoms with E-state index in [-0.39, 0.29) is 5.02 Å². The number of hydrogen-bond donors (Lipinski definition) is 2. The molecule has 11 heteroatoms. The number of rotatable bonds is 5. The molecule has 1 saturated heterocycles. The monoisotopic (exact) mass is 420 g/mol. The number of urea groups is 1. The van der Waals surface area contributed by atoms with Gasteiger partial charge in [-0.2, -0.15) is 0 Å². The van der Waals surface area contributed by atoms with Crippen LogP contribution in [-0.2, 0) is 15.1 Å². The molecular formula is C18H14ClFN4O5. The fraction of sp³-hybridized carbons (Fsp3) is 0.167. The molecule has 4 amide bonds. The van der Waals surface area contributed by atoms with Crippen molar-refractivity contribution < 1.29 is 23.7 Å². The van der Waals surface area contributed by atoms with Gasteiger partial charge in [-0.25, -0.2) is 9.18 Å². The molecule has 3 rings (SSSR count). The van der Waals surface area contributed by atoms with Crippen LogP contribution in [0.5, 0.6) is 0 Å². The number of halogens is 2. The molecule has 1 aliphatic heterocycles. The summed E-state index contributed by atoms with van der Waals surface area (Å²) in [5.41, 5.74) is -1.99. The molecule has 2 aromatic carbocycles. The van der Waals surface area contributed by atoms with Gasteiger partial charge in [-0.15, -0.1) is 0 Å². The first-order chi connectivity index (χ1) is 13.6. The lowest BCUT2D eigenvalue weighted by molar-refractivity contribution is -0.384. The fourth-order valence-corrected chi connectivity index (χ4v) is 3.27. The third-order valence-corrected chi connectivity index (χ3v) is 4.75. The minimum absolute atomic E-state index is 0.258. The minimum Gasteiger partial charge on any atom is -0.322 e. The normalized spacial score (nSPS) is 18.5. The number of carbonyl (C=O) groups is 3. The number of nitro groups is 1. The zero-order valence-electron chi connectivity index (χ0n) is 14.9. The highest BCUT2D eigenvalue weighted by Gasteiger charge is 2.50. The van der Waals surface area contributed by atoms with Gasteiger partial charge < -0.3 is 10.6 Å². The average molecular weight is 421 g/mol. The summed E-state index contributed by atoms with van der Waals surface area (Å²) < 4.78 is 13.8. The number of hydrogen-bond acceptors (Lipinski definition) is 5. The van der Waals surface area contributed by atoms with Crippen molar-refractivity contribution in [1.82, 2.24) is 10.2 Å². The van der Waals surface area contributed by atoms with E-state index in [0.29, 0.717) is 10.5 Å². The molecule has 2 N–H and O–H groups in total. The van der Waals surface area contributed by atoms with Crippen LogP contribution in [0, 0.1) is 15.9 Å². The molecule has 0 aliphatic carbocycles. The predicted molar refractivity (Wildman–Crippen MR) is 101 cm³/mol. The highest BCUT2D eigenvalue weighted by atomic mass is 35.5. The Labute approximate surface area is 168 Å². The van der Waals surface area contributed by atoms with Crippen molar-refractivity contribution in [2.45, 2.75) is 12.5 Å². The van der Waals surface area contributed by atoms with Crippen molar-refractivity contribution in [3.63, 3.8) is 0 Å². The Morgan fingerprint density at radius 3 is 2.66 bits per heavy atom. The molecule has 2 aromatic rings. The number of nitrogens with one attached hydrogen (secondary N) is 2. The molecule has 0 radical (unpaired) electrons. The first-order valence-electron chi connectivity index (χ1n) is 8.26. The maximum Gasteiger partial charge on any atom is 0.325 e. The molecule has 0 bridgehead atoms. The Balaban J connectivity index is 1.79. The Morgan fingerprint density at radius 2 is 2.00 bits per heavy atom. The Kier molecular flexibility index (Phi) is 5.21. The molecule has 1 fully saturated rings. The van der Waals surface area contributed by atoms with E-state index in [4.69, 9.17) is 11.6 Å². The maximum atomic E-state index is 13.8. The minimum atomic E-state index is -1.48. The van der Waals surface area contributed by atoms with Crippen LogP contribution in [0.15, 0.2) is 42.5 Å². The van der Waals surface area contributed by atoms with Gasteiger partial charge in [-0.05, 0) is 19.1 Å². The zero-order valence-corrected chi connectivity index (χ0v) is 15.7. The van der Waals surface area contributed by atoms with Gasteiger partial charge in [0.1, 0.15) is 17.9 Å². The molecular weight excluding hydrogens is 407 g/mol. The van der Waals surface area contributed by atoms with Crippen molar-refractivity contribution in [1.29, 1.82) is 0 Å². The smallest absolute Gasteiger partial charge is 0.322 e. The van der Waals surface area contributed by atoms with Crippen molar-refractivity contribution >= 4 is 40.8 Å². The first-order valence-corrected chi connectivity index (χ1v) is 8.64. The van der Waals surface area contributed by atoms with Gasteiger partial charge in [0.2, 0.25) is 5.91 Å². The first kappa shape index (κ1) is 20.2. The number of nitro benzene ring substituents is 1. The number of carbonyl (C=O) groups excluding carboxylic acids is 3. The molecule has 0 saturated carbocycles. The fourth-order valence-electron chi connectivity index (χ4n) is 2.95. The van der Waals surface area contributed by atoms with Gasteiger partial charge in [0.15, 0.2) is 0 Å². The quantitative estimate of drug-likeness (QED) is 0.437. The standard InChI is InChI=1S/C18H14ClFN4O5/c1-18(11-4-2-3-5-12(11)19)16(26)23(17(27)22-18)9-15(25)21-14-8-10(24(28)29)6-7-13(14)20/h2-8H,9H2,1H3,(H,21,25)(H,22,27). The summed E-state index contributed by atoms with van der Waals surface area (Å²) in [7, 11) is 0. The summed E-state index contributed by atoms with van der Waals surface area (Å²) in [5.74, 6) is -2.52. The van der Waals surface area contributed by atoms with Crippen LogP contribution in [0.3, 0.4) is 0 Å². The van der Waals surface area contributed by atoms with Gasteiger partial charge in [-0.1, -0.05) is 29.8 Å². The summed E-state index contributed by atoms with van der Waals surface area (Å²) in [6.07, 6.45) is 0. The van der Waals surface area contributed by atoms with E-state index in [1.165, 1.54) is 6.92 Å². The van der Waals surface area contributed by atoms with Crippen molar-refractivity contribution in [2.24, 2.45) is 0 Å². The molecule has 1 atom stereocenters. The molecule has 1 aliphatic rings. The number of non-ortho nitro benzene ring substituents is 1. The summed E-state index contributed by atoms with van der Waals surface area (Å²) >= 11 is 6.13. The van der Waals surface area contributed by atoms with E-state index in [0.717, 1.165) is 18.2 Å². The van der Waals surface area contributed by atoms with Crippen LogP contribution in [0.25, 0.3) is 0 Å². The van der Waals surface area contributed by atoms with E-state index in [9.17, 15) is 28.9 Å². The number of benzene rings is 2. The summed E-state index contributed by atoms with van der Waals surface area (Å²) in [5, 5.41) is 15.7. The van der Waals surface area contributed by atoms with Gasteiger partial charge in [0, 0.05) is 22.7 Å². The molecule has 1 unspecified atom stereocenters.